The molecule has 1 unspecified atom stereocenters. The maximum absolute atomic E-state index is 5.59. The van der Waals surface area contributed by atoms with E-state index in [0.29, 0.717) is 11.7 Å². The molecule has 1 aromatic heterocycles. The second-order valence-electron chi connectivity index (χ2n) is 3.42. The Balaban J connectivity index is 2.18. The number of nitrogens with zero attached hydrogens (tertiary/aromatic N) is 2. The molecule has 1 aromatic rings. The Bertz CT molecular complexity index is 326. The minimum absolute atomic E-state index is 0.470. The summed E-state index contributed by atoms with van der Waals surface area (Å²) in [6, 6.07) is 2.00. The fourth-order valence-corrected chi connectivity index (χ4v) is 3.04. The highest BCUT2D eigenvalue weighted by atomic mass is 79.9. The van der Waals surface area contributed by atoms with Crippen LogP contribution >= 0.6 is 27.7 Å². The van der Waals surface area contributed by atoms with Gasteiger partial charge in [0.25, 0.3) is 0 Å². The molecule has 0 amide bonds. The Morgan fingerprint density at radius 2 is 2.36 bits per heavy atom. The Hall–Kier alpha value is -0.290. The average molecular weight is 274 g/mol. The molecule has 2 N–H and O–H groups in total. The van der Waals surface area contributed by atoms with E-state index < -0.39 is 0 Å². The number of rotatable bonds is 1. The summed E-state index contributed by atoms with van der Waals surface area (Å²) in [5.74, 6) is 3.46. The molecule has 1 fully saturated rings. The van der Waals surface area contributed by atoms with Crippen molar-refractivity contribution in [3.05, 3.63) is 16.2 Å². The first-order valence-corrected chi connectivity index (χ1v) is 6.58. The molecule has 2 rings (SSSR count). The molecule has 0 bridgehead atoms. The number of hydrogen-bond acceptors (Lipinski definition) is 4. The minimum atomic E-state index is 0.470. The van der Waals surface area contributed by atoms with Gasteiger partial charge in [0.2, 0.25) is 0 Å². The molecule has 1 aliphatic heterocycles. The van der Waals surface area contributed by atoms with E-state index in [0.717, 1.165) is 15.9 Å². The van der Waals surface area contributed by atoms with Gasteiger partial charge >= 0.3 is 0 Å². The number of aromatic nitrogens is 2. The molecule has 0 radical (unpaired) electrons. The molecule has 0 spiro atoms. The highest BCUT2D eigenvalue weighted by molar-refractivity contribution is 9.10. The maximum Gasteiger partial charge on any atom is 0.160 e. The van der Waals surface area contributed by atoms with E-state index in [1.54, 1.807) is 0 Å². The van der Waals surface area contributed by atoms with Crippen LogP contribution in [0.4, 0.5) is 5.82 Å². The van der Waals surface area contributed by atoms with Gasteiger partial charge < -0.3 is 5.73 Å². The minimum Gasteiger partial charge on any atom is -0.381 e. The molecule has 14 heavy (non-hydrogen) atoms. The fourth-order valence-electron chi connectivity index (χ4n) is 1.57. The molecule has 1 saturated heterocycles. The number of nitrogens with two attached hydrogens (primary N) is 1. The van der Waals surface area contributed by atoms with E-state index >= 15 is 0 Å². The summed E-state index contributed by atoms with van der Waals surface area (Å²) in [5.41, 5.74) is 6.66. The molecule has 3 nitrogen and oxygen atoms in total. The van der Waals surface area contributed by atoms with Gasteiger partial charge in [-0.05, 0) is 40.6 Å². The molecular formula is C9H12BrN3S. The number of nitrogen functional groups attached to an aromatic ring is 1. The zero-order valence-electron chi connectivity index (χ0n) is 7.74. The zero-order chi connectivity index (χ0) is 9.97. The molecular weight excluding hydrogens is 262 g/mol. The van der Waals surface area contributed by atoms with Crippen LogP contribution in [0.5, 0.6) is 0 Å². The van der Waals surface area contributed by atoms with Gasteiger partial charge in [0, 0.05) is 11.7 Å². The number of halogens is 1. The van der Waals surface area contributed by atoms with Crippen LogP contribution in [0.3, 0.4) is 0 Å². The smallest absolute Gasteiger partial charge is 0.160 e. The fraction of sp³-hybridized carbons (Fsp3) is 0.556. The van der Waals surface area contributed by atoms with Gasteiger partial charge in [-0.25, -0.2) is 0 Å². The van der Waals surface area contributed by atoms with E-state index in [1.807, 2.05) is 17.8 Å². The van der Waals surface area contributed by atoms with Crippen molar-refractivity contribution in [3.63, 3.8) is 0 Å². The van der Waals surface area contributed by atoms with Crippen LogP contribution < -0.4 is 5.73 Å². The van der Waals surface area contributed by atoms with Crippen LogP contribution in [0.1, 0.15) is 24.5 Å². The summed E-state index contributed by atoms with van der Waals surface area (Å²) in [6.07, 6.45) is 2.50. The van der Waals surface area contributed by atoms with Crippen molar-refractivity contribution in [2.75, 3.05) is 17.2 Å². The Morgan fingerprint density at radius 3 is 3.00 bits per heavy atom. The van der Waals surface area contributed by atoms with Gasteiger partial charge in [0.1, 0.15) is 0 Å². The lowest BCUT2D eigenvalue weighted by molar-refractivity contribution is 0.633. The van der Waals surface area contributed by atoms with Crippen molar-refractivity contribution in [2.24, 2.45) is 0 Å². The van der Waals surface area contributed by atoms with Gasteiger partial charge in [-0.3, -0.25) is 0 Å². The third-order valence-corrected chi connectivity index (χ3v) is 4.22. The monoisotopic (exact) mass is 273 g/mol. The largest absolute Gasteiger partial charge is 0.381 e. The van der Waals surface area contributed by atoms with Crippen LogP contribution in [0.25, 0.3) is 0 Å². The van der Waals surface area contributed by atoms with Gasteiger partial charge in [-0.1, -0.05) is 0 Å². The molecule has 1 atom stereocenters. The van der Waals surface area contributed by atoms with Crippen LogP contribution in [-0.4, -0.2) is 21.7 Å². The van der Waals surface area contributed by atoms with Gasteiger partial charge in [0.05, 0.1) is 10.2 Å². The zero-order valence-corrected chi connectivity index (χ0v) is 10.1. The highest BCUT2D eigenvalue weighted by Crippen LogP contribution is 2.31. The van der Waals surface area contributed by atoms with Crippen LogP contribution in [0, 0.1) is 0 Å². The first-order valence-electron chi connectivity index (χ1n) is 4.63. The van der Waals surface area contributed by atoms with Gasteiger partial charge in [0.15, 0.2) is 5.82 Å². The Labute approximate surface area is 96.0 Å². The summed E-state index contributed by atoms with van der Waals surface area (Å²) in [6.45, 7) is 0. The predicted molar refractivity (Wildman–Crippen MR) is 63.4 cm³/mol. The molecule has 0 aliphatic carbocycles. The normalized spacial score (nSPS) is 22.2. The van der Waals surface area contributed by atoms with Crippen molar-refractivity contribution >= 4 is 33.5 Å². The third-order valence-electron chi connectivity index (χ3n) is 2.37. The first-order chi connectivity index (χ1) is 6.77. The van der Waals surface area contributed by atoms with Crippen molar-refractivity contribution in [2.45, 2.75) is 18.8 Å². The standard InChI is InChI=1S/C9H12BrN3S/c10-7-4-8(12-13-9(7)11)6-2-1-3-14-5-6/h4,6H,1-3,5H2,(H2,11,13). The summed E-state index contributed by atoms with van der Waals surface area (Å²) in [5, 5.41) is 8.07. The summed E-state index contributed by atoms with van der Waals surface area (Å²) in [7, 11) is 0. The van der Waals surface area contributed by atoms with E-state index in [1.165, 1.54) is 18.6 Å². The van der Waals surface area contributed by atoms with E-state index in [9.17, 15) is 0 Å². The first kappa shape index (κ1) is 10.2. The summed E-state index contributed by atoms with van der Waals surface area (Å²) < 4.78 is 0.859. The van der Waals surface area contributed by atoms with E-state index in [-0.39, 0.29) is 0 Å². The predicted octanol–water partition coefficient (Wildman–Crippen LogP) is 2.43. The van der Waals surface area contributed by atoms with Crippen molar-refractivity contribution < 1.29 is 0 Å². The lowest BCUT2D eigenvalue weighted by Gasteiger charge is -2.20. The third kappa shape index (κ3) is 2.20. The summed E-state index contributed by atoms with van der Waals surface area (Å²) in [4.78, 5) is 0. The van der Waals surface area contributed by atoms with E-state index in [4.69, 9.17) is 5.73 Å². The lowest BCUT2D eigenvalue weighted by Crippen LogP contribution is -2.11. The van der Waals surface area contributed by atoms with Gasteiger partial charge in [-0.15, -0.1) is 5.10 Å². The molecule has 1 aliphatic rings. The summed E-state index contributed by atoms with van der Waals surface area (Å²) >= 11 is 5.37. The lowest BCUT2D eigenvalue weighted by atomic mass is 10.0. The number of thioether (sulfide) groups is 1. The average Bonchev–Trinajstić information content (AvgIpc) is 2.23. The molecule has 5 heteroatoms. The van der Waals surface area contributed by atoms with Crippen molar-refractivity contribution in [1.29, 1.82) is 0 Å². The van der Waals surface area contributed by atoms with Crippen molar-refractivity contribution in [1.82, 2.24) is 10.2 Å². The van der Waals surface area contributed by atoms with Crippen molar-refractivity contribution in [3.8, 4) is 0 Å². The number of anilines is 1. The molecule has 0 aromatic carbocycles. The van der Waals surface area contributed by atoms with E-state index in [2.05, 4.69) is 26.1 Å². The van der Waals surface area contributed by atoms with Crippen LogP contribution in [-0.2, 0) is 0 Å². The SMILES string of the molecule is Nc1nnc(C2CCCSC2)cc1Br. The van der Waals surface area contributed by atoms with Crippen LogP contribution in [0.2, 0.25) is 0 Å². The Morgan fingerprint density at radius 1 is 1.50 bits per heavy atom. The maximum atomic E-state index is 5.59. The molecule has 76 valence electrons. The second-order valence-corrected chi connectivity index (χ2v) is 5.42. The number of hydrogen-bond donors (Lipinski definition) is 1. The quantitative estimate of drug-likeness (QED) is 0.854. The second kappa shape index (κ2) is 4.49. The molecule has 2 heterocycles. The van der Waals surface area contributed by atoms with Crippen LogP contribution in [0.15, 0.2) is 10.5 Å². The molecule has 0 saturated carbocycles. The highest BCUT2D eigenvalue weighted by Gasteiger charge is 2.18. The topological polar surface area (TPSA) is 51.8 Å². The van der Waals surface area contributed by atoms with Gasteiger partial charge in [-0.2, -0.15) is 16.9 Å². The Kier molecular flexibility index (Phi) is 3.28.